The zero-order valence-corrected chi connectivity index (χ0v) is 15.9. The monoisotopic (exact) mass is 375 g/mol. The van der Waals surface area contributed by atoms with Crippen LogP contribution in [0.15, 0.2) is 54.7 Å². The second-order valence-electron chi connectivity index (χ2n) is 7.34. The summed E-state index contributed by atoms with van der Waals surface area (Å²) in [4.78, 5) is 15.4. The molecule has 5 nitrogen and oxygen atoms in total. The van der Waals surface area contributed by atoms with E-state index in [-0.39, 0.29) is 0 Å². The lowest BCUT2D eigenvalue weighted by molar-refractivity contribution is 0.1000. The van der Waals surface area contributed by atoms with Gasteiger partial charge in [0.05, 0.1) is 5.56 Å². The average molecular weight is 375 g/mol. The molecule has 1 heterocycles. The summed E-state index contributed by atoms with van der Waals surface area (Å²) in [5, 5.41) is 5.94. The fraction of sp³-hybridized carbons (Fsp3) is 0.304. The van der Waals surface area contributed by atoms with Crippen LogP contribution in [-0.4, -0.2) is 16.9 Å². The Hall–Kier alpha value is -2.92. The topological polar surface area (TPSA) is 77.2 Å². The number of pyridine rings is 1. The zero-order valence-electron chi connectivity index (χ0n) is 15.9. The highest BCUT2D eigenvalue weighted by atomic mass is 16.5. The lowest BCUT2D eigenvalue weighted by Crippen LogP contribution is -2.30. The maximum Gasteiger partial charge on any atom is 0.250 e. The van der Waals surface area contributed by atoms with E-state index in [1.54, 1.807) is 12.1 Å². The zero-order chi connectivity index (χ0) is 19.3. The maximum absolute atomic E-state index is 11.2. The number of ether oxygens (including phenoxy) is 1. The van der Waals surface area contributed by atoms with Crippen molar-refractivity contribution in [3.8, 4) is 11.6 Å². The number of nitrogens with zero attached hydrogens (tertiary/aromatic N) is 1. The van der Waals surface area contributed by atoms with Crippen LogP contribution >= 0.6 is 0 Å². The van der Waals surface area contributed by atoms with Crippen molar-refractivity contribution in [2.24, 2.45) is 5.73 Å². The Morgan fingerprint density at radius 1 is 1.04 bits per heavy atom. The van der Waals surface area contributed by atoms with E-state index in [0.717, 1.165) is 17.7 Å². The van der Waals surface area contributed by atoms with E-state index in [2.05, 4.69) is 34.6 Å². The molecule has 0 bridgehead atoms. The van der Waals surface area contributed by atoms with Crippen molar-refractivity contribution in [1.82, 2.24) is 10.3 Å². The van der Waals surface area contributed by atoms with Gasteiger partial charge in [-0.05, 0) is 35.9 Å². The molecule has 0 spiro atoms. The van der Waals surface area contributed by atoms with Gasteiger partial charge in [-0.3, -0.25) is 4.79 Å². The first kappa shape index (κ1) is 18.4. The molecular formula is C23H25N3O2. The molecule has 0 unspecified atom stereocenters. The van der Waals surface area contributed by atoms with Gasteiger partial charge in [0.2, 0.25) is 11.8 Å². The Morgan fingerprint density at radius 3 is 2.57 bits per heavy atom. The number of fused-ring (bicyclic) bond motifs is 1. The molecule has 2 aromatic carbocycles. The highest BCUT2D eigenvalue weighted by Crippen LogP contribution is 2.31. The summed E-state index contributed by atoms with van der Waals surface area (Å²) in [6.07, 6.45) is 7.99. The van der Waals surface area contributed by atoms with Crippen LogP contribution in [0.4, 0.5) is 0 Å². The van der Waals surface area contributed by atoms with E-state index < -0.39 is 5.91 Å². The lowest BCUT2D eigenvalue weighted by atomic mass is 9.95. The molecular weight excluding hydrogens is 350 g/mol. The van der Waals surface area contributed by atoms with Gasteiger partial charge in [0.25, 0.3) is 0 Å². The predicted molar refractivity (Wildman–Crippen MR) is 110 cm³/mol. The van der Waals surface area contributed by atoms with Crippen LogP contribution in [-0.2, 0) is 6.54 Å². The van der Waals surface area contributed by atoms with Crippen molar-refractivity contribution in [2.75, 3.05) is 0 Å². The third kappa shape index (κ3) is 4.15. The number of benzene rings is 2. The Balaban J connectivity index is 1.55. The minimum atomic E-state index is -0.501. The van der Waals surface area contributed by atoms with Gasteiger partial charge in [-0.1, -0.05) is 49.6 Å². The minimum Gasteiger partial charge on any atom is -0.438 e. The second-order valence-corrected chi connectivity index (χ2v) is 7.34. The standard InChI is InChI=1S/C23H25N3O2/c24-23(27)17-12-13-22(26-15-17)28-21-11-5-9-19-16(6-4-10-20(19)21)14-25-18-7-2-1-3-8-18/h4-6,9-13,15,18,25H,1-3,7-8,14H2,(H2,24,27). The summed E-state index contributed by atoms with van der Waals surface area (Å²) in [5.41, 5.74) is 6.90. The first-order chi connectivity index (χ1) is 13.7. The Bertz CT molecular complexity index is 963. The van der Waals surface area contributed by atoms with Crippen molar-refractivity contribution in [2.45, 2.75) is 44.7 Å². The highest BCUT2D eigenvalue weighted by molar-refractivity contribution is 5.92. The number of nitrogens with one attached hydrogen (secondary N) is 1. The number of primary amides is 1. The van der Waals surface area contributed by atoms with Crippen LogP contribution < -0.4 is 15.8 Å². The van der Waals surface area contributed by atoms with E-state index in [0.29, 0.717) is 17.5 Å². The lowest BCUT2D eigenvalue weighted by Gasteiger charge is -2.23. The molecule has 5 heteroatoms. The maximum atomic E-state index is 11.2. The Morgan fingerprint density at radius 2 is 1.82 bits per heavy atom. The van der Waals surface area contributed by atoms with E-state index in [4.69, 9.17) is 10.5 Å². The molecule has 144 valence electrons. The minimum absolute atomic E-state index is 0.362. The summed E-state index contributed by atoms with van der Waals surface area (Å²) < 4.78 is 5.99. The van der Waals surface area contributed by atoms with E-state index in [1.807, 2.05) is 12.1 Å². The summed E-state index contributed by atoms with van der Waals surface area (Å²) in [7, 11) is 0. The van der Waals surface area contributed by atoms with Crippen molar-refractivity contribution in [1.29, 1.82) is 0 Å². The van der Waals surface area contributed by atoms with Crippen LogP contribution in [0, 0.1) is 0 Å². The molecule has 3 aromatic rings. The van der Waals surface area contributed by atoms with E-state index >= 15 is 0 Å². The van der Waals surface area contributed by atoms with Crippen molar-refractivity contribution in [3.05, 3.63) is 65.9 Å². The molecule has 1 fully saturated rings. The normalized spacial score (nSPS) is 14.9. The highest BCUT2D eigenvalue weighted by Gasteiger charge is 2.14. The first-order valence-electron chi connectivity index (χ1n) is 9.88. The van der Waals surface area contributed by atoms with Crippen LogP contribution in [0.3, 0.4) is 0 Å². The van der Waals surface area contributed by atoms with Crippen molar-refractivity contribution in [3.63, 3.8) is 0 Å². The molecule has 28 heavy (non-hydrogen) atoms. The molecule has 1 aliphatic carbocycles. The quantitative estimate of drug-likeness (QED) is 0.663. The molecule has 1 aromatic heterocycles. The fourth-order valence-corrected chi connectivity index (χ4v) is 3.85. The summed E-state index contributed by atoms with van der Waals surface area (Å²) in [5.74, 6) is 0.680. The molecule has 3 N–H and O–H groups in total. The van der Waals surface area contributed by atoms with E-state index in [9.17, 15) is 4.79 Å². The SMILES string of the molecule is NC(=O)c1ccc(Oc2cccc3c(CNC4CCCCC4)cccc23)nc1. The number of aromatic nitrogens is 1. The van der Waals surface area contributed by atoms with Crippen molar-refractivity contribution >= 4 is 16.7 Å². The van der Waals surface area contributed by atoms with Gasteiger partial charge in [0.1, 0.15) is 5.75 Å². The smallest absolute Gasteiger partial charge is 0.250 e. The van der Waals surface area contributed by atoms with Gasteiger partial charge in [-0.2, -0.15) is 0 Å². The predicted octanol–water partition coefficient (Wildman–Crippen LogP) is 4.55. The molecule has 0 atom stereocenters. The second kappa shape index (κ2) is 8.40. The van der Waals surface area contributed by atoms with E-state index in [1.165, 1.54) is 49.3 Å². The Labute approximate surface area is 164 Å². The molecule has 0 saturated heterocycles. The van der Waals surface area contributed by atoms with Gasteiger partial charge < -0.3 is 15.8 Å². The van der Waals surface area contributed by atoms with Crippen LogP contribution in [0.1, 0.15) is 48.0 Å². The summed E-state index contributed by atoms with van der Waals surface area (Å²) in [6, 6.07) is 16.3. The molecule has 1 amide bonds. The largest absolute Gasteiger partial charge is 0.438 e. The van der Waals surface area contributed by atoms with Crippen molar-refractivity contribution < 1.29 is 9.53 Å². The molecule has 0 aliphatic heterocycles. The number of nitrogens with two attached hydrogens (primary N) is 1. The van der Waals surface area contributed by atoms with Gasteiger partial charge in [-0.15, -0.1) is 0 Å². The number of amides is 1. The third-order valence-corrected chi connectivity index (χ3v) is 5.39. The Kier molecular flexibility index (Phi) is 5.53. The van der Waals surface area contributed by atoms with Gasteiger partial charge in [-0.25, -0.2) is 4.98 Å². The summed E-state index contributed by atoms with van der Waals surface area (Å²) >= 11 is 0. The van der Waals surface area contributed by atoms with Crippen LogP contribution in [0.5, 0.6) is 11.6 Å². The molecule has 0 radical (unpaired) electrons. The number of carbonyl (C=O) groups excluding carboxylic acids is 1. The van der Waals surface area contributed by atoms with Gasteiger partial charge in [0, 0.05) is 30.2 Å². The van der Waals surface area contributed by atoms with Crippen LogP contribution in [0.2, 0.25) is 0 Å². The third-order valence-electron chi connectivity index (χ3n) is 5.39. The number of hydrogen-bond donors (Lipinski definition) is 2. The fourth-order valence-electron chi connectivity index (χ4n) is 3.85. The van der Waals surface area contributed by atoms with Gasteiger partial charge in [0.15, 0.2) is 0 Å². The number of carbonyl (C=O) groups is 1. The molecule has 1 aliphatic rings. The number of hydrogen-bond acceptors (Lipinski definition) is 4. The molecule has 1 saturated carbocycles. The first-order valence-corrected chi connectivity index (χ1v) is 9.88. The number of rotatable bonds is 6. The van der Waals surface area contributed by atoms with Crippen LogP contribution in [0.25, 0.3) is 10.8 Å². The average Bonchev–Trinajstić information content (AvgIpc) is 2.73. The summed E-state index contributed by atoms with van der Waals surface area (Å²) in [6.45, 7) is 0.858. The molecule has 4 rings (SSSR count). The van der Waals surface area contributed by atoms with Gasteiger partial charge >= 0.3 is 0 Å².